The van der Waals surface area contributed by atoms with Gasteiger partial charge in [-0.15, -0.1) is 0 Å². The van der Waals surface area contributed by atoms with E-state index in [9.17, 15) is 18.0 Å². The SMILES string of the molecule is COc1ccc(C(=O)Nc2cccc(C(F)(F)F)c2)cc1Nc1ncnc2c(N)nc(N3CCN(C4CCN(C)CC4)CC3)nc12. The van der Waals surface area contributed by atoms with Crippen molar-refractivity contribution in [2.45, 2.75) is 25.1 Å². The van der Waals surface area contributed by atoms with Gasteiger partial charge in [-0.3, -0.25) is 9.69 Å². The van der Waals surface area contributed by atoms with Gasteiger partial charge in [0.15, 0.2) is 11.6 Å². The lowest BCUT2D eigenvalue weighted by atomic mass is 10.0. The number of benzene rings is 2. The summed E-state index contributed by atoms with van der Waals surface area (Å²) in [5.74, 6) is 0.802. The summed E-state index contributed by atoms with van der Waals surface area (Å²) in [6.07, 6.45) is -0.868. The fourth-order valence-corrected chi connectivity index (χ4v) is 5.89. The van der Waals surface area contributed by atoms with E-state index in [-0.39, 0.29) is 17.1 Å². The smallest absolute Gasteiger partial charge is 0.416 e. The summed E-state index contributed by atoms with van der Waals surface area (Å²) >= 11 is 0. The van der Waals surface area contributed by atoms with Gasteiger partial charge in [-0.2, -0.15) is 18.2 Å². The van der Waals surface area contributed by atoms with Crippen molar-refractivity contribution < 1.29 is 22.7 Å². The van der Waals surface area contributed by atoms with E-state index in [4.69, 9.17) is 15.5 Å². The van der Waals surface area contributed by atoms with Crippen LogP contribution in [-0.4, -0.2) is 95.1 Å². The minimum atomic E-state index is -4.54. The average Bonchev–Trinajstić information content (AvgIpc) is 3.05. The number of fused-ring (bicyclic) bond motifs is 1. The molecule has 4 N–H and O–H groups in total. The second-order valence-electron chi connectivity index (χ2n) is 11.5. The second-order valence-corrected chi connectivity index (χ2v) is 11.5. The number of aromatic nitrogens is 4. The van der Waals surface area contributed by atoms with E-state index in [1.807, 2.05) is 0 Å². The molecule has 4 aromatic rings. The quantitative estimate of drug-likeness (QED) is 0.269. The Bertz CT molecular complexity index is 1720. The first-order chi connectivity index (χ1) is 22.1. The summed E-state index contributed by atoms with van der Waals surface area (Å²) < 4.78 is 45.0. The number of alkyl halides is 3. The molecule has 0 spiro atoms. The Kier molecular flexibility index (Phi) is 8.77. The molecule has 46 heavy (non-hydrogen) atoms. The number of nitrogen functional groups attached to an aromatic ring is 1. The summed E-state index contributed by atoms with van der Waals surface area (Å²) in [5, 5.41) is 5.71. The number of likely N-dealkylation sites (tertiary alicyclic amines) is 1. The molecule has 0 unspecified atom stereocenters. The van der Waals surface area contributed by atoms with Gasteiger partial charge < -0.3 is 30.9 Å². The molecular weight excluding hydrogens is 601 g/mol. The fourth-order valence-electron chi connectivity index (χ4n) is 5.89. The lowest BCUT2D eigenvalue weighted by Crippen LogP contribution is -2.53. The Morgan fingerprint density at radius 3 is 2.46 bits per heavy atom. The van der Waals surface area contributed by atoms with E-state index in [0.29, 0.717) is 40.3 Å². The highest BCUT2D eigenvalue weighted by Crippen LogP contribution is 2.33. The normalized spacial score (nSPS) is 16.8. The molecule has 12 nitrogen and oxygen atoms in total. The van der Waals surface area contributed by atoms with Crippen molar-refractivity contribution in [1.82, 2.24) is 29.7 Å². The van der Waals surface area contributed by atoms with Crippen LogP contribution >= 0.6 is 0 Å². The number of carbonyl (C=O) groups is 1. The minimum Gasteiger partial charge on any atom is -0.495 e. The zero-order valence-corrected chi connectivity index (χ0v) is 25.5. The van der Waals surface area contributed by atoms with Gasteiger partial charge in [0.05, 0.1) is 18.4 Å². The number of piperidine rings is 1. The van der Waals surface area contributed by atoms with Crippen molar-refractivity contribution in [3.63, 3.8) is 0 Å². The standard InChI is InChI=1S/C31H35F3N10O2/c1-42-10-8-22(9-11-42)43-12-14-44(15-13-43)30-40-26-25(27(35)41-30)36-18-37-28(26)39-23-16-19(6-7-24(23)46-2)29(45)38-21-5-3-4-20(17-21)31(32,33)34/h3-7,16-18,22H,8-15H2,1-2H3,(H,38,45)(H2,35,40,41)(H,36,37,39). The van der Waals surface area contributed by atoms with Crippen molar-refractivity contribution in [3.05, 3.63) is 59.9 Å². The van der Waals surface area contributed by atoms with E-state index in [0.717, 1.165) is 51.4 Å². The maximum atomic E-state index is 13.2. The van der Waals surface area contributed by atoms with E-state index in [1.165, 1.54) is 50.5 Å². The molecule has 0 aliphatic carbocycles. The first-order valence-corrected chi connectivity index (χ1v) is 15.0. The van der Waals surface area contributed by atoms with Crippen molar-refractivity contribution in [1.29, 1.82) is 0 Å². The van der Waals surface area contributed by atoms with Gasteiger partial charge in [-0.25, -0.2) is 15.0 Å². The Balaban J connectivity index is 1.22. The maximum absolute atomic E-state index is 13.2. The van der Waals surface area contributed by atoms with Crippen LogP contribution in [0.3, 0.4) is 0 Å². The van der Waals surface area contributed by atoms with E-state index in [2.05, 4.69) is 47.3 Å². The molecular formula is C31H35F3N10O2. The van der Waals surface area contributed by atoms with E-state index in [1.54, 1.807) is 6.07 Å². The Morgan fingerprint density at radius 2 is 1.74 bits per heavy atom. The number of rotatable bonds is 7. The predicted molar refractivity (Wildman–Crippen MR) is 170 cm³/mol. The zero-order valence-electron chi connectivity index (χ0n) is 25.5. The van der Waals surface area contributed by atoms with Crippen LogP contribution in [0.5, 0.6) is 5.75 Å². The Labute approximate surface area is 263 Å². The number of anilines is 5. The lowest BCUT2D eigenvalue weighted by Gasteiger charge is -2.42. The summed E-state index contributed by atoms with van der Waals surface area (Å²) in [4.78, 5) is 38.1. The Hall–Kier alpha value is -4.76. The Morgan fingerprint density at radius 1 is 0.978 bits per heavy atom. The molecule has 2 aromatic carbocycles. The number of hydrogen-bond donors (Lipinski definition) is 3. The topological polar surface area (TPSA) is 138 Å². The molecule has 2 aliphatic heterocycles. The highest BCUT2D eigenvalue weighted by molar-refractivity contribution is 6.05. The number of piperazine rings is 1. The van der Waals surface area contributed by atoms with Crippen LogP contribution in [0.2, 0.25) is 0 Å². The van der Waals surface area contributed by atoms with Gasteiger partial charge in [0, 0.05) is 43.5 Å². The van der Waals surface area contributed by atoms with Crippen molar-refractivity contribution in [3.8, 4) is 5.75 Å². The summed E-state index contributed by atoms with van der Waals surface area (Å²) in [6.45, 7) is 5.53. The van der Waals surface area contributed by atoms with Crippen LogP contribution in [0.1, 0.15) is 28.8 Å². The molecule has 2 aromatic heterocycles. The molecule has 4 heterocycles. The molecule has 242 valence electrons. The number of nitrogens with two attached hydrogens (primary N) is 1. The highest BCUT2D eigenvalue weighted by Gasteiger charge is 2.31. The summed E-state index contributed by atoms with van der Waals surface area (Å²) in [6, 6.07) is 9.63. The molecule has 0 atom stereocenters. The molecule has 6 rings (SSSR count). The molecule has 0 bridgehead atoms. The molecule has 0 saturated carbocycles. The van der Waals surface area contributed by atoms with Crippen LogP contribution in [-0.2, 0) is 6.18 Å². The van der Waals surface area contributed by atoms with Gasteiger partial charge >= 0.3 is 6.18 Å². The number of methoxy groups -OCH3 is 1. The zero-order chi connectivity index (χ0) is 32.4. The third-order valence-electron chi connectivity index (χ3n) is 8.46. The maximum Gasteiger partial charge on any atom is 0.416 e. The number of amides is 1. The van der Waals surface area contributed by atoms with Crippen molar-refractivity contribution in [2.75, 3.05) is 74.7 Å². The number of carbonyl (C=O) groups excluding carboxylic acids is 1. The first kappa shape index (κ1) is 31.2. The fraction of sp³-hybridized carbons (Fsp3) is 0.387. The monoisotopic (exact) mass is 636 g/mol. The van der Waals surface area contributed by atoms with Gasteiger partial charge in [0.1, 0.15) is 23.1 Å². The minimum absolute atomic E-state index is 0.0128. The van der Waals surface area contributed by atoms with Crippen LogP contribution in [0.25, 0.3) is 11.0 Å². The van der Waals surface area contributed by atoms with Crippen molar-refractivity contribution in [2.24, 2.45) is 0 Å². The van der Waals surface area contributed by atoms with Crippen LogP contribution in [0.4, 0.5) is 42.1 Å². The number of hydrogen-bond acceptors (Lipinski definition) is 11. The average molecular weight is 637 g/mol. The van der Waals surface area contributed by atoms with Crippen molar-refractivity contribution >= 4 is 45.9 Å². The number of nitrogens with zero attached hydrogens (tertiary/aromatic N) is 7. The third kappa shape index (κ3) is 6.74. The molecule has 2 fully saturated rings. The summed E-state index contributed by atoms with van der Waals surface area (Å²) in [7, 11) is 3.64. The molecule has 15 heteroatoms. The molecule has 2 aliphatic rings. The number of ether oxygens (including phenoxy) is 1. The largest absolute Gasteiger partial charge is 0.495 e. The van der Waals surface area contributed by atoms with Gasteiger partial charge in [-0.1, -0.05) is 6.07 Å². The van der Waals surface area contributed by atoms with E-state index < -0.39 is 17.6 Å². The predicted octanol–water partition coefficient (Wildman–Crippen LogP) is 4.24. The first-order valence-electron chi connectivity index (χ1n) is 15.0. The third-order valence-corrected chi connectivity index (χ3v) is 8.46. The van der Waals surface area contributed by atoms with Gasteiger partial charge in [0.2, 0.25) is 5.95 Å². The lowest BCUT2D eigenvalue weighted by molar-refractivity contribution is -0.137. The van der Waals surface area contributed by atoms with Crippen LogP contribution < -0.4 is 26.0 Å². The second kappa shape index (κ2) is 12.9. The molecule has 0 radical (unpaired) electrons. The van der Waals surface area contributed by atoms with E-state index >= 15 is 0 Å². The molecule has 2 saturated heterocycles. The van der Waals surface area contributed by atoms with Gasteiger partial charge in [0.25, 0.3) is 5.91 Å². The van der Waals surface area contributed by atoms with Gasteiger partial charge in [-0.05, 0) is 69.4 Å². The highest BCUT2D eigenvalue weighted by atomic mass is 19.4. The number of halogens is 3. The number of nitrogens with one attached hydrogen (secondary N) is 2. The molecule has 1 amide bonds. The van der Waals surface area contributed by atoms with Crippen LogP contribution in [0.15, 0.2) is 48.8 Å². The summed E-state index contributed by atoms with van der Waals surface area (Å²) in [5.41, 5.74) is 6.82. The van der Waals surface area contributed by atoms with Crippen LogP contribution in [0, 0.1) is 0 Å².